The van der Waals surface area contributed by atoms with Crippen molar-refractivity contribution in [3.05, 3.63) is 0 Å². The molecule has 0 fully saturated rings. The van der Waals surface area contributed by atoms with Crippen LogP contribution in [0.3, 0.4) is 0 Å². The molecular weight excluding hydrogens is 131 g/mol. The fraction of sp³-hybridized carbons (Fsp3) is 1.00. The van der Waals surface area contributed by atoms with Crippen LogP contribution in [0.25, 0.3) is 0 Å². The highest BCUT2D eigenvalue weighted by Gasteiger charge is 2.14. The van der Waals surface area contributed by atoms with Crippen molar-refractivity contribution < 1.29 is 4.11 Å². The lowest BCUT2D eigenvalue weighted by molar-refractivity contribution is 0.736. The van der Waals surface area contributed by atoms with Crippen LogP contribution in [0.1, 0.15) is 33.6 Å². The van der Waals surface area contributed by atoms with Gasteiger partial charge in [0, 0.05) is 0 Å². The van der Waals surface area contributed by atoms with Gasteiger partial charge in [-0.15, -0.1) is 0 Å². The molecular formula is C7H16FSi. The second-order valence-electron chi connectivity index (χ2n) is 2.71. The molecule has 0 saturated heterocycles. The highest BCUT2D eigenvalue weighted by atomic mass is 28.3. The Morgan fingerprint density at radius 2 is 2.00 bits per heavy atom. The molecule has 0 nitrogen and oxygen atoms in total. The van der Waals surface area contributed by atoms with Gasteiger partial charge in [-0.1, -0.05) is 33.6 Å². The molecule has 9 heavy (non-hydrogen) atoms. The lowest BCUT2D eigenvalue weighted by Gasteiger charge is -2.05. The van der Waals surface area contributed by atoms with E-state index in [0.717, 1.165) is 18.9 Å². The lowest BCUT2D eigenvalue weighted by Crippen LogP contribution is -2.08. The van der Waals surface area contributed by atoms with Crippen LogP contribution >= 0.6 is 0 Å². The van der Waals surface area contributed by atoms with Gasteiger partial charge in [-0.3, -0.25) is 0 Å². The summed E-state index contributed by atoms with van der Waals surface area (Å²) in [4.78, 5) is 0. The Labute approximate surface area is 59.2 Å². The minimum absolute atomic E-state index is 0.307. The van der Waals surface area contributed by atoms with Crippen molar-refractivity contribution in [3.63, 3.8) is 0 Å². The minimum atomic E-state index is -1.47. The van der Waals surface area contributed by atoms with Crippen molar-refractivity contribution in [1.29, 1.82) is 0 Å². The second kappa shape index (κ2) is 4.97. The van der Waals surface area contributed by atoms with E-state index in [0.29, 0.717) is 5.54 Å². The van der Waals surface area contributed by atoms with Gasteiger partial charge in [0.05, 0.1) is 0 Å². The zero-order valence-corrected chi connectivity index (χ0v) is 7.58. The number of unbranched alkanes of at least 4 members (excludes halogenated alkanes) is 1. The van der Waals surface area contributed by atoms with Crippen LogP contribution in [0, 0.1) is 0 Å². The first kappa shape index (κ1) is 9.15. The summed E-state index contributed by atoms with van der Waals surface area (Å²) >= 11 is 0. The third-order valence-corrected chi connectivity index (χ3v) is 3.48. The number of rotatable bonds is 4. The van der Waals surface area contributed by atoms with Crippen LogP contribution in [0.5, 0.6) is 0 Å². The maximum absolute atomic E-state index is 12.8. The second-order valence-corrected chi connectivity index (χ2v) is 5.25. The monoisotopic (exact) mass is 147 g/mol. The normalized spacial score (nSPS) is 11.3. The van der Waals surface area contributed by atoms with Crippen LogP contribution in [0.2, 0.25) is 11.6 Å². The smallest absolute Gasteiger partial charge is 0.273 e. The summed E-state index contributed by atoms with van der Waals surface area (Å²) < 4.78 is 12.8. The SMILES string of the molecule is CCCC[Si](F)C(C)C. The van der Waals surface area contributed by atoms with Crippen molar-refractivity contribution in [1.82, 2.24) is 0 Å². The maximum atomic E-state index is 12.8. The van der Waals surface area contributed by atoms with Gasteiger partial charge in [-0.2, -0.15) is 0 Å². The Bertz CT molecular complexity index is 63.9. The molecule has 0 rings (SSSR count). The lowest BCUT2D eigenvalue weighted by atomic mass is 10.4. The average molecular weight is 147 g/mol. The Balaban J connectivity index is 3.16. The molecule has 0 aliphatic heterocycles. The molecule has 0 amide bonds. The summed E-state index contributed by atoms with van der Waals surface area (Å²) in [5.41, 5.74) is 0.307. The van der Waals surface area contributed by atoms with E-state index in [1.807, 2.05) is 13.8 Å². The Hall–Kier alpha value is 0.147. The zero-order valence-electron chi connectivity index (χ0n) is 6.58. The number of hydrogen-bond acceptors (Lipinski definition) is 0. The van der Waals surface area contributed by atoms with Gasteiger partial charge >= 0.3 is 0 Å². The molecule has 0 aromatic carbocycles. The van der Waals surface area contributed by atoms with Crippen LogP contribution in [-0.2, 0) is 0 Å². The minimum Gasteiger partial charge on any atom is -0.314 e. The molecule has 1 radical (unpaired) electrons. The Morgan fingerprint density at radius 1 is 1.44 bits per heavy atom. The van der Waals surface area contributed by atoms with E-state index >= 15 is 0 Å². The zero-order chi connectivity index (χ0) is 7.28. The summed E-state index contributed by atoms with van der Waals surface area (Å²) in [6, 6.07) is 0.846. The Morgan fingerprint density at radius 3 is 2.33 bits per heavy atom. The number of halogens is 1. The summed E-state index contributed by atoms with van der Waals surface area (Å²) in [5, 5.41) is 0. The molecule has 0 aromatic rings. The quantitative estimate of drug-likeness (QED) is 0.423. The predicted octanol–water partition coefficient (Wildman–Crippen LogP) is 3.16. The van der Waals surface area contributed by atoms with E-state index in [1.165, 1.54) is 0 Å². The highest BCUT2D eigenvalue weighted by Crippen LogP contribution is 2.14. The Kier molecular flexibility index (Phi) is 5.05. The van der Waals surface area contributed by atoms with Crippen LogP contribution in [-0.4, -0.2) is 9.13 Å². The largest absolute Gasteiger partial charge is 0.314 e. The van der Waals surface area contributed by atoms with Crippen molar-refractivity contribution >= 4 is 9.13 Å². The molecule has 0 aromatic heterocycles. The van der Waals surface area contributed by atoms with Crippen molar-refractivity contribution in [2.24, 2.45) is 0 Å². The van der Waals surface area contributed by atoms with E-state index in [9.17, 15) is 4.11 Å². The van der Waals surface area contributed by atoms with Gasteiger partial charge in [0.2, 0.25) is 0 Å². The first-order valence-electron chi connectivity index (χ1n) is 3.69. The van der Waals surface area contributed by atoms with Crippen molar-refractivity contribution in [2.75, 3.05) is 0 Å². The van der Waals surface area contributed by atoms with E-state index in [1.54, 1.807) is 0 Å². The molecule has 0 N–H and O–H groups in total. The molecule has 0 aliphatic carbocycles. The third kappa shape index (κ3) is 4.64. The fourth-order valence-electron chi connectivity index (χ4n) is 0.634. The van der Waals surface area contributed by atoms with Crippen LogP contribution < -0.4 is 0 Å². The van der Waals surface area contributed by atoms with Crippen LogP contribution in [0.4, 0.5) is 4.11 Å². The van der Waals surface area contributed by atoms with Crippen LogP contribution in [0.15, 0.2) is 0 Å². The molecule has 55 valence electrons. The fourth-order valence-corrected chi connectivity index (χ4v) is 1.90. The summed E-state index contributed by atoms with van der Waals surface area (Å²) in [6.45, 7) is 6.06. The molecule has 0 saturated carbocycles. The average Bonchev–Trinajstić information content (AvgIpc) is 1.82. The van der Waals surface area contributed by atoms with E-state index in [-0.39, 0.29) is 0 Å². The molecule has 0 aliphatic rings. The molecule has 2 heteroatoms. The first-order chi connectivity index (χ1) is 4.18. The third-order valence-electron chi connectivity index (χ3n) is 1.40. The van der Waals surface area contributed by atoms with E-state index < -0.39 is 9.13 Å². The van der Waals surface area contributed by atoms with Gasteiger partial charge in [-0.25, -0.2) is 0 Å². The van der Waals surface area contributed by atoms with Gasteiger partial charge in [0.1, 0.15) is 0 Å². The van der Waals surface area contributed by atoms with Gasteiger partial charge in [0.25, 0.3) is 9.13 Å². The van der Waals surface area contributed by atoms with Gasteiger partial charge in [-0.05, 0) is 11.6 Å². The first-order valence-corrected chi connectivity index (χ1v) is 5.36. The summed E-state index contributed by atoms with van der Waals surface area (Å²) in [5.74, 6) is 0. The summed E-state index contributed by atoms with van der Waals surface area (Å²) in [7, 11) is -1.47. The number of hydrogen-bond donors (Lipinski definition) is 0. The standard InChI is InChI=1S/C7H16FSi/c1-4-5-6-9(8)7(2)3/h7H,4-6H2,1-3H3. The van der Waals surface area contributed by atoms with Gasteiger partial charge < -0.3 is 4.11 Å². The summed E-state index contributed by atoms with van der Waals surface area (Å²) in [6.07, 6.45) is 2.20. The predicted molar refractivity (Wildman–Crippen MR) is 41.7 cm³/mol. The van der Waals surface area contributed by atoms with Crippen molar-refractivity contribution in [3.8, 4) is 0 Å². The van der Waals surface area contributed by atoms with E-state index in [4.69, 9.17) is 0 Å². The van der Waals surface area contributed by atoms with E-state index in [2.05, 4.69) is 6.92 Å². The molecule has 0 unspecified atom stereocenters. The van der Waals surface area contributed by atoms with Crippen molar-refractivity contribution in [2.45, 2.75) is 45.2 Å². The highest BCUT2D eigenvalue weighted by molar-refractivity contribution is 6.52. The van der Waals surface area contributed by atoms with Gasteiger partial charge in [0.15, 0.2) is 0 Å². The molecule has 0 heterocycles. The molecule has 0 bridgehead atoms. The topological polar surface area (TPSA) is 0 Å². The maximum Gasteiger partial charge on any atom is 0.273 e. The molecule has 0 atom stereocenters. The molecule has 0 spiro atoms.